The van der Waals surface area contributed by atoms with Crippen molar-refractivity contribution >= 4 is 5.97 Å². The molecule has 2 heteroatoms. The number of aliphatic carboxylic acids is 1. The Labute approximate surface area is 93.1 Å². The Balaban J connectivity index is 2.85. The Morgan fingerprint density at radius 1 is 1.40 bits per heavy atom. The van der Waals surface area contributed by atoms with Gasteiger partial charge in [0.25, 0.3) is 0 Å². The lowest BCUT2D eigenvalue weighted by atomic mass is 9.71. The maximum Gasteiger partial charge on any atom is 0.309 e. The molecule has 0 heterocycles. The summed E-state index contributed by atoms with van der Waals surface area (Å²) in [7, 11) is 0. The molecule has 1 aliphatic carbocycles. The SMILES string of the molecule is CCC1CCC(C(=O)O)(C(CC)CC)C1. The van der Waals surface area contributed by atoms with Crippen LogP contribution in [0, 0.1) is 17.3 Å². The number of hydrogen-bond donors (Lipinski definition) is 1. The molecule has 0 saturated heterocycles. The highest BCUT2D eigenvalue weighted by Crippen LogP contribution is 2.50. The minimum atomic E-state index is -0.549. The van der Waals surface area contributed by atoms with Gasteiger partial charge < -0.3 is 5.11 Å². The molecule has 0 spiro atoms. The fraction of sp³-hybridized carbons (Fsp3) is 0.923. The predicted octanol–water partition coefficient (Wildman–Crippen LogP) is 3.70. The third-order valence-corrected chi connectivity index (χ3v) is 4.42. The zero-order valence-corrected chi connectivity index (χ0v) is 10.3. The first-order chi connectivity index (χ1) is 7.10. The third kappa shape index (κ3) is 2.19. The van der Waals surface area contributed by atoms with Gasteiger partial charge in [-0.3, -0.25) is 4.79 Å². The minimum Gasteiger partial charge on any atom is -0.481 e. The molecule has 1 N–H and O–H groups in total. The second-order valence-corrected chi connectivity index (χ2v) is 4.99. The maximum atomic E-state index is 11.5. The van der Waals surface area contributed by atoms with Crippen molar-refractivity contribution in [2.24, 2.45) is 17.3 Å². The van der Waals surface area contributed by atoms with Crippen LogP contribution in [0.25, 0.3) is 0 Å². The van der Waals surface area contributed by atoms with Gasteiger partial charge >= 0.3 is 5.97 Å². The first kappa shape index (κ1) is 12.5. The molecule has 2 unspecified atom stereocenters. The number of carboxylic acids is 1. The van der Waals surface area contributed by atoms with Gasteiger partial charge in [-0.1, -0.05) is 40.0 Å². The monoisotopic (exact) mass is 212 g/mol. The van der Waals surface area contributed by atoms with E-state index in [0.717, 1.165) is 38.5 Å². The lowest BCUT2D eigenvalue weighted by Crippen LogP contribution is -2.36. The van der Waals surface area contributed by atoms with Gasteiger partial charge in [0, 0.05) is 0 Å². The standard InChI is InChI=1S/C13H24O2/c1-4-10-7-8-13(9-10,12(14)15)11(5-2)6-3/h10-11H,4-9H2,1-3H3,(H,14,15). The maximum absolute atomic E-state index is 11.5. The second kappa shape index (κ2) is 5.00. The minimum absolute atomic E-state index is 0.367. The number of hydrogen-bond acceptors (Lipinski definition) is 1. The van der Waals surface area contributed by atoms with Gasteiger partial charge in [0.1, 0.15) is 0 Å². The van der Waals surface area contributed by atoms with Crippen LogP contribution in [0.5, 0.6) is 0 Å². The van der Waals surface area contributed by atoms with Crippen molar-refractivity contribution in [2.45, 2.75) is 59.3 Å². The molecular formula is C13H24O2. The Kier molecular flexibility index (Phi) is 4.18. The molecule has 0 amide bonds. The summed E-state index contributed by atoms with van der Waals surface area (Å²) < 4.78 is 0. The highest BCUT2D eigenvalue weighted by molar-refractivity contribution is 5.75. The zero-order chi connectivity index (χ0) is 11.5. The Morgan fingerprint density at radius 3 is 2.33 bits per heavy atom. The van der Waals surface area contributed by atoms with Crippen molar-refractivity contribution in [3.05, 3.63) is 0 Å². The summed E-state index contributed by atoms with van der Waals surface area (Å²) >= 11 is 0. The number of carbonyl (C=O) groups is 1. The number of rotatable bonds is 5. The average Bonchev–Trinajstić information content (AvgIpc) is 2.65. The van der Waals surface area contributed by atoms with Crippen molar-refractivity contribution in [1.82, 2.24) is 0 Å². The molecule has 2 atom stereocenters. The van der Waals surface area contributed by atoms with Crippen LogP contribution in [0.3, 0.4) is 0 Å². The van der Waals surface area contributed by atoms with E-state index in [9.17, 15) is 9.90 Å². The van der Waals surface area contributed by atoms with Gasteiger partial charge in [-0.2, -0.15) is 0 Å². The molecule has 15 heavy (non-hydrogen) atoms. The number of carboxylic acid groups (broad SMARTS) is 1. The van der Waals surface area contributed by atoms with E-state index in [1.54, 1.807) is 0 Å². The van der Waals surface area contributed by atoms with Crippen molar-refractivity contribution in [3.63, 3.8) is 0 Å². The van der Waals surface area contributed by atoms with E-state index in [4.69, 9.17) is 0 Å². The van der Waals surface area contributed by atoms with Gasteiger partial charge in [0.15, 0.2) is 0 Å². The van der Waals surface area contributed by atoms with Crippen LogP contribution in [0.2, 0.25) is 0 Å². The molecule has 1 fully saturated rings. The van der Waals surface area contributed by atoms with E-state index in [1.807, 2.05) is 0 Å². The molecule has 0 aromatic rings. The topological polar surface area (TPSA) is 37.3 Å². The molecule has 88 valence electrons. The first-order valence-corrected chi connectivity index (χ1v) is 6.34. The second-order valence-electron chi connectivity index (χ2n) is 4.99. The molecule has 0 bridgehead atoms. The van der Waals surface area contributed by atoms with Crippen LogP contribution >= 0.6 is 0 Å². The summed E-state index contributed by atoms with van der Waals surface area (Å²) in [5.41, 5.74) is -0.399. The quantitative estimate of drug-likeness (QED) is 0.754. The summed E-state index contributed by atoms with van der Waals surface area (Å²) in [5, 5.41) is 9.51. The van der Waals surface area contributed by atoms with Crippen LogP contribution in [0.4, 0.5) is 0 Å². The van der Waals surface area contributed by atoms with E-state index >= 15 is 0 Å². The molecule has 2 nitrogen and oxygen atoms in total. The Hall–Kier alpha value is -0.530. The van der Waals surface area contributed by atoms with E-state index in [0.29, 0.717) is 11.8 Å². The summed E-state index contributed by atoms with van der Waals surface area (Å²) in [6.07, 6.45) is 6.05. The average molecular weight is 212 g/mol. The zero-order valence-electron chi connectivity index (χ0n) is 10.3. The lowest BCUT2D eigenvalue weighted by molar-refractivity contribution is -0.152. The molecule has 1 rings (SSSR count). The highest BCUT2D eigenvalue weighted by Gasteiger charge is 2.48. The molecule has 1 aliphatic rings. The van der Waals surface area contributed by atoms with Gasteiger partial charge in [-0.05, 0) is 31.1 Å². The summed E-state index contributed by atoms with van der Waals surface area (Å²) in [4.78, 5) is 11.5. The van der Waals surface area contributed by atoms with Crippen molar-refractivity contribution in [1.29, 1.82) is 0 Å². The highest BCUT2D eigenvalue weighted by atomic mass is 16.4. The van der Waals surface area contributed by atoms with Gasteiger partial charge in [-0.15, -0.1) is 0 Å². The van der Waals surface area contributed by atoms with Crippen molar-refractivity contribution in [2.75, 3.05) is 0 Å². The van der Waals surface area contributed by atoms with Gasteiger partial charge in [0.05, 0.1) is 5.41 Å². The summed E-state index contributed by atoms with van der Waals surface area (Å²) in [5.74, 6) is 0.459. The fourth-order valence-electron chi connectivity index (χ4n) is 3.34. The normalized spacial score (nSPS) is 31.1. The lowest BCUT2D eigenvalue weighted by Gasteiger charge is -2.32. The van der Waals surface area contributed by atoms with Crippen LogP contribution in [-0.2, 0) is 4.79 Å². The Morgan fingerprint density at radius 2 is 2.00 bits per heavy atom. The van der Waals surface area contributed by atoms with Crippen LogP contribution in [0.1, 0.15) is 59.3 Å². The Bertz CT molecular complexity index is 221. The van der Waals surface area contributed by atoms with Gasteiger partial charge in [0.2, 0.25) is 0 Å². The summed E-state index contributed by atoms with van der Waals surface area (Å²) in [6.45, 7) is 6.42. The van der Waals surface area contributed by atoms with E-state index in [1.165, 1.54) is 0 Å². The molecule has 0 radical (unpaired) electrons. The molecule has 1 saturated carbocycles. The van der Waals surface area contributed by atoms with Gasteiger partial charge in [-0.25, -0.2) is 0 Å². The molecule has 0 aromatic heterocycles. The van der Waals surface area contributed by atoms with E-state index < -0.39 is 11.4 Å². The fourth-order valence-corrected chi connectivity index (χ4v) is 3.34. The van der Waals surface area contributed by atoms with Crippen molar-refractivity contribution in [3.8, 4) is 0 Å². The van der Waals surface area contributed by atoms with E-state index in [2.05, 4.69) is 20.8 Å². The molecule has 0 aromatic carbocycles. The largest absolute Gasteiger partial charge is 0.481 e. The summed E-state index contributed by atoms with van der Waals surface area (Å²) in [6, 6.07) is 0. The third-order valence-electron chi connectivity index (χ3n) is 4.42. The smallest absolute Gasteiger partial charge is 0.309 e. The van der Waals surface area contributed by atoms with Crippen LogP contribution < -0.4 is 0 Å². The molecule has 0 aliphatic heterocycles. The van der Waals surface area contributed by atoms with Crippen LogP contribution in [-0.4, -0.2) is 11.1 Å². The van der Waals surface area contributed by atoms with Crippen molar-refractivity contribution < 1.29 is 9.90 Å². The van der Waals surface area contributed by atoms with E-state index in [-0.39, 0.29) is 0 Å². The van der Waals surface area contributed by atoms with Crippen LogP contribution in [0.15, 0.2) is 0 Å². The predicted molar refractivity (Wildman–Crippen MR) is 61.8 cm³/mol. The molecular weight excluding hydrogens is 188 g/mol. The first-order valence-electron chi connectivity index (χ1n) is 6.34.